The Labute approximate surface area is 144 Å². The highest BCUT2D eigenvalue weighted by molar-refractivity contribution is 8.27. The fourth-order valence-corrected chi connectivity index (χ4v) is 21.9. The molecule has 6 atom stereocenters. The van der Waals surface area contributed by atoms with Gasteiger partial charge in [0, 0.05) is 0 Å². The van der Waals surface area contributed by atoms with E-state index in [1.165, 1.54) is 39.2 Å². The molecule has 0 bridgehead atoms. The van der Waals surface area contributed by atoms with E-state index in [1.54, 1.807) is 89.4 Å². The second-order valence-corrected chi connectivity index (χ2v) is 18.8. The van der Waals surface area contributed by atoms with Crippen LogP contribution in [0.1, 0.15) is 77.0 Å². The third-order valence-electron chi connectivity index (χ3n) is 6.35. The van der Waals surface area contributed by atoms with Gasteiger partial charge in [0.25, 0.3) is 0 Å². The number of hydrogen-bond donors (Lipinski definition) is 0. The quantitative estimate of drug-likeness (QED) is 0.349. The average molecular weight is 374 g/mol. The van der Waals surface area contributed by atoms with Crippen LogP contribution in [-0.4, -0.2) is 35.0 Å². The molecule has 2 saturated heterocycles. The van der Waals surface area contributed by atoms with Gasteiger partial charge >= 0.3 is 0 Å². The normalized spacial score (nSPS) is 45.8. The minimum atomic E-state index is 0.554. The standard InChI is InChI=1S/C18H34P4/c1-2-6-10-16-15(9-5-1)21(16)19-13-14-20-22-17-11-7-3-4-8-12-18(17)22/h15-20H,1-14H2. The lowest BCUT2D eigenvalue weighted by Gasteiger charge is -2.04. The van der Waals surface area contributed by atoms with Crippen molar-refractivity contribution in [1.82, 2.24) is 0 Å². The van der Waals surface area contributed by atoms with Crippen molar-refractivity contribution in [3.63, 3.8) is 0 Å². The second kappa shape index (κ2) is 8.40. The van der Waals surface area contributed by atoms with Gasteiger partial charge in [-0.2, -0.15) is 0 Å². The van der Waals surface area contributed by atoms with Crippen molar-refractivity contribution in [2.45, 2.75) is 99.7 Å². The summed E-state index contributed by atoms with van der Waals surface area (Å²) in [5, 5.41) is 0. The van der Waals surface area contributed by atoms with Crippen LogP contribution in [0, 0.1) is 0 Å². The molecule has 4 fully saturated rings. The zero-order valence-corrected chi connectivity index (χ0v) is 17.9. The van der Waals surface area contributed by atoms with Crippen molar-refractivity contribution in [3.8, 4) is 0 Å². The molecule has 2 aliphatic carbocycles. The summed E-state index contributed by atoms with van der Waals surface area (Å²) >= 11 is 0. The van der Waals surface area contributed by atoms with Gasteiger partial charge in [-0.15, -0.1) is 0 Å². The molecule has 126 valence electrons. The lowest BCUT2D eigenvalue weighted by molar-refractivity contribution is 0.551. The largest absolute Gasteiger partial charge is 0.0951 e. The monoisotopic (exact) mass is 374 g/mol. The van der Waals surface area contributed by atoms with Gasteiger partial charge in [0.1, 0.15) is 0 Å². The Morgan fingerprint density at radius 1 is 0.500 bits per heavy atom. The Morgan fingerprint density at radius 3 is 1.14 bits per heavy atom. The fraction of sp³-hybridized carbons (Fsp3) is 1.00. The van der Waals surface area contributed by atoms with E-state index in [0.29, 0.717) is 15.2 Å². The molecule has 0 amide bonds. The molecule has 2 saturated carbocycles. The van der Waals surface area contributed by atoms with Crippen LogP contribution < -0.4 is 0 Å². The van der Waals surface area contributed by atoms with Gasteiger partial charge in [0.05, 0.1) is 0 Å². The highest BCUT2D eigenvalue weighted by atomic mass is 32.1. The maximum Gasteiger partial charge on any atom is -0.00992 e. The first-order chi connectivity index (χ1) is 10.9. The molecule has 4 heteroatoms. The third-order valence-corrected chi connectivity index (χ3v) is 20.7. The summed E-state index contributed by atoms with van der Waals surface area (Å²) in [6.07, 6.45) is 22.3. The fourth-order valence-electron chi connectivity index (χ4n) is 4.96. The summed E-state index contributed by atoms with van der Waals surface area (Å²) in [6.45, 7) is 0. The Bertz CT molecular complexity index is 299. The first-order valence-corrected chi connectivity index (χ1v) is 17.0. The van der Waals surface area contributed by atoms with Crippen molar-refractivity contribution in [1.29, 1.82) is 0 Å². The van der Waals surface area contributed by atoms with Gasteiger partial charge in [-0.05, 0) is 60.6 Å². The molecule has 0 N–H and O–H groups in total. The number of rotatable bonds is 5. The van der Waals surface area contributed by atoms with E-state index in [9.17, 15) is 0 Å². The van der Waals surface area contributed by atoms with E-state index in [0.717, 1.165) is 0 Å². The average Bonchev–Trinajstić information content (AvgIpc) is 3.30. The molecule has 0 aromatic rings. The predicted octanol–water partition coefficient (Wildman–Crippen LogP) is 7.35. The van der Waals surface area contributed by atoms with Gasteiger partial charge in [-0.3, -0.25) is 0 Å². The molecule has 0 nitrogen and oxygen atoms in total. The molecule has 22 heavy (non-hydrogen) atoms. The predicted molar refractivity (Wildman–Crippen MR) is 111 cm³/mol. The molecule has 0 radical (unpaired) electrons. The van der Waals surface area contributed by atoms with Crippen molar-refractivity contribution >= 4 is 31.8 Å². The highest BCUT2D eigenvalue weighted by Gasteiger charge is 2.49. The molecule has 2 heterocycles. The van der Waals surface area contributed by atoms with Crippen molar-refractivity contribution < 1.29 is 0 Å². The van der Waals surface area contributed by atoms with E-state index < -0.39 is 0 Å². The Morgan fingerprint density at radius 2 is 0.818 bits per heavy atom. The maximum atomic E-state index is 1.65. The molecule has 6 unspecified atom stereocenters. The molecular weight excluding hydrogens is 340 g/mol. The minimum absolute atomic E-state index is 0.554. The second-order valence-electron chi connectivity index (χ2n) is 7.88. The van der Waals surface area contributed by atoms with Crippen LogP contribution in [-0.2, 0) is 0 Å². The minimum Gasteiger partial charge on any atom is -0.0951 e. The molecule has 2 aliphatic heterocycles. The SMILES string of the molecule is C1CCCC2C(CC1)P2PCCPP1C2CCCCCCC21. The summed E-state index contributed by atoms with van der Waals surface area (Å²) in [5.74, 6) is 0. The Balaban J connectivity index is 1.12. The first-order valence-electron chi connectivity index (χ1n) is 9.99. The zero-order chi connectivity index (χ0) is 14.8. The summed E-state index contributed by atoms with van der Waals surface area (Å²) in [6, 6.07) is 0. The van der Waals surface area contributed by atoms with Crippen molar-refractivity contribution in [2.24, 2.45) is 0 Å². The van der Waals surface area contributed by atoms with Crippen LogP contribution in [0.15, 0.2) is 0 Å². The summed E-state index contributed by atoms with van der Waals surface area (Å²) in [5.41, 5.74) is 5.05. The summed E-state index contributed by atoms with van der Waals surface area (Å²) in [7, 11) is 3.94. The van der Waals surface area contributed by atoms with Crippen molar-refractivity contribution in [2.75, 3.05) is 12.3 Å². The van der Waals surface area contributed by atoms with Crippen LogP contribution in [0.5, 0.6) is 0 Å². The highest BCUT2D eigenvalue weighted by Crippen LogP contribution is 2.83. The Hall–Kier alpha value is 1.72. The van der Waals surface area contributed by atoms with E-state index in [4.69, 9.17) is 0 Å². The van der Waals surface area contributed by atoms with Crippen LogP contribution in [0.2, 0.25) is 0 Å². The number of fused-ring (bicyclic) bond motifs is 2. The van der Waals surface area contributed by atoms with Gasteiger partial charge in [-0.25, -0.2) is 0 Å². The first kappa shape index (κ1) is 17.1. The van der Waals surface area contributed by atoms with Crippen molar-refractivity contribution in [3.05, 3.63) is 0 Å². The van der Waals surface area contributed by atoms with E-state index in [1.807, 2.05) is 0 Å². The molecule has 4 aliphatic rings. The molecular formula is C18H34P4. The van der Waals surface area contributed by atoms with E-state index >= 15 is 0 Å². The molecule has 0 spiro atoms. The van der Waals surface area contributed by atoms with E-state index in [-0.39, 0.29) is 0 Å². The van der Waals surface area contributed by atoms with Gasteiger partial charge in [-0.1, -0.05) is 83.1 Å². The molecule has 4 rings (SSSR count). The van der Waals surface area contributed by atoms with Crippen LogP contribution in [0.4, 0.5) is 0 Å². The maximum absolute atomic E-state index is 1.65. The molecule has 0 aromatic heterocycles. The smallest absolute Gasteiger partial charge is 0.00992 e. The van der Waals surface area contributed by atoms with E-state index in [2.05, 4.69) is 0 Å². The van der Waals surface area contributed by atoms with Crippen LogP contribution in [0.25, 0.3) is 0 Å². The zero-order valence-electron chi connectivity index (χ0n) is 14.1. The summed E-state index contributed by atoms with van der Waals surface area (Å²) in [4.78, 5) is 0. The van der Waals surface area contributed by atoms with Crippen LogP contribution >= 0.6 is 31.8 Å². The summed E-state index contributed by atoms with van der Waals surface area (Å²) < 4.78 is 0. The lowest BCUT2D eigenvalue weighted by Crippen LogP contribution is -1.97. The van der Waals surface area contributed by atoms with Gasteiger partial charge < -0.3 is 0 Å². The third kappa shape index (κ3) is 4.27. The number of hydrogen-bond acceptors (Lipinski definition) is 0. The molecule has 0 aromatic carbocycles. The topological polar surface area (TPSA) is 0 Å². The van der Waals surface area contributed by atoms with Crippen LogP contribution in [0.3, 0.4) is 0 Å². The Kier molecular flexibility index (Phi) is 6.55. The lowest BCUT2D eigenvalue weighted by atomic mass is 10.0. The van der Waals surface area contributed by atoms with Gasteiger partial charge in [0.15, 0.2) is 0 Å². The van der Waals surface area contributed by atoms with Gasteiger partial charge in [0.2, 0.25) is 0 Å².